The minimum atomic E-state index is -0.502. The summed E-state index contributed by atoms with van der Waals surface area (Å²) in [6.07, 6.45) is 0.431. The molecule has 5 nitrogen and oxygen atoms in total. The molecule has 0 N–H and O–H groups in total. The quantitative estimate of drug-likeness (QED) is 0.546. The van der Waals surface area contributed by atoms with Crippen molar-refractivity contribution in [1.82, 2.24) is 9.80 Å². The van der Waals surface area contributed by atoms with Crippen molar-refractivity contribution in [3.05, 3.63) is 0 Å². The fourth-order valence-corrected chi connectivity index (χ4v) is 2.15. The second-order valence-corrected chi connectivity index (χ2v) is 5.76. The summed E-state index contributed by atoms with van der Waals surface area (Å²) in [5, 5.41) is -0.453. The molecule has 1 aliphatic rings. The number of rotatable bonds is 1. The van der Waals surface area contributed by atoms with E-state index in [1.807, 2.05) is 27.7 Å². The van der Waals surface area contributed by atoms with Gasteiger partial charge in [0.2, 0.25) is 0 Å². The molecular formula is C12H21ClN2O3. The Labute approximate surface area is 113 Å². The Morgan fingerprint density at radius 3 is 2.39 bits per heavy atom. The first kappa shape index (κ1) is 15.1. The molecule has 0 bridgehead atoms. The third kappa shape index (κ3) is 4.05. The van der Waals surface area contributed by atoms with Gasteiger partial charge in [-0.25, -0.2) is 4.79 Å². The van der Waals surface area contributed by atoms with E-state index in [4.69, 9.17) is 16.3 Å². The molecule has 0 aliphatic carbocycles. The first-order chi connectivity index (χ1) is 8.24. The van der Waals surface area contributed by atoms with Crippen molar-refractivity contribution in [2.45, 2.75) is 45.8 Å². The zero-order chi connectivity index (χ0) is 13.9. The Balaban J connectivity index is 2.62. The van der Waals surface area contributed by atoms with Gasteiger partial charge >= 0.3 is 11.5 Å². The third-order valence-corrected chi connectivity index (χ3v) is 3.05. The average molecular weight is 277 g/mol. The molecule has 1 aliphatic heterocycles. The molecule has 18 heavy (non-hydrogen) atoms. The van der Waals surface area contributed by atoms with Crippen molar-refractivity contribution in [1.29, 1.82) is 0 Å². The Kier molecular flexibility index (Phi) is 4.85. The standard InChI is InChI=1S/C12H21ClN2O3/c1-5-9-8-14(6-7-15(9)10(13)16)11(17)18-12(2,3)4/h9H,5-8H2,1-4H3/t9-/m0/s1. The molecule has 0 aromatic heterocycles. The van der Waals surface area contributed by atoms with Crippen molar-refractivity contribution in [3.63, 3.8) is 0 Å². The summed E-state index contributed by atoms with van der Waals surface area (Å²) in [5.41, 5.74) is -0.502. The highest BCUT2D eigenvalue weighted by atomic mass is 35.5. The van der Waals surface area contributed by atoms with Crippen molar-refractivity contribution >= 4 is 23.1 Å². The van der Waals surface area contributed by atoms with Crippen LogP contribution >= 0.6 is 11.6 Å². The first-order valence-electron chi connectivity index (χ1n) is 6.18. The van der Waals surface area contributed by atoms with Crippen LogP contribution in [0.4, 0.5) is 9.59 Å². The van der Waals surface area contributed by atoms with E-state index >= 15 is 0 Å². The van der Waals surface area contributed by atoms with E-state index in [2.05, 4.69) is 0 Å². The maximum Gasteiger partial charge on any atom is 0.410 e. The summed E-state index contributed by atoms with van der Waals surface area (Å²) >= 11 is 5.52. The number of piperazine rings is 1. The lowest BCUT2D eigenvalue weighted by Crippen LogP contribution is -2.55. The molecule has 0 spiro atoms. The van der Waals surface area contributed by atoms with Gasteiger partial charge in [-0.05, 0) is 38.8 Å². The fourth-order valence-electron chi connectivity index (χ4n) is 1.93. The van der Waals surface area contributed by atoms with Crippen molar-refractivity contribution in [2.24, 2.45) is 0 Å². The van der Waals surface area contributed by atoms with Gasteiger partial charge in [-0.3, -0.25) is 4.79 Å². The van der Waals surface area contributed by atoms with Gasteiger partial charge in [0.15, 0.2) is 0 Å². The van der Waals surface area contributed by atoms with Gasteiger partial charge in [-0.1, -0.05) is 6.92 Å². The van der Waals surface area contributed by atoms with Crippen LogP contribution in [0.2, 0.25) is 0 Å². The topological polar surface area (TPSA) is 49.9 Å². The number of nitrogens with zero attached hydrogens (tertiary/aromatic N) is 2. The summed E-state index contributed by atoms with van der Waals surface area (Å²) in [5.74, 6) is 0. The monoisotopic (exact) mass is 276 g/mol. The molecule has 1 atom stereocenters. The molecule has 2 amide bonds. The van der Waals surface area contributed by atoms with Crippen LogP contribution in [-0.4, -0.2) is 52.5 Å². The minimum absolute atomic E-state index is 0.0312. The lowest BCUT2D eigenvalue weighted by molar-refractivity contribution is 0.0100. The molecular weight excluding hydrogens is 256 g/mol. The molecule has 0 aromatic rings. The largest absolute Gasteiger partial charge is 0.444 e. The number of hydrogen-bond acceptors (Lipinski definition) is 3. The predicted molar refractivity (Wildman–Crippen MR) is 69.8 cm³/mol. The van der Waals surface area contributed by atoms with Crippen LogP contribution in [0, 0.1) is 0 Å². The van der Waals surface area contributed by atoms with Crippen LogP contribution in [0.5, 0.6) is 0 Å². The van der Waals surface area contributed by atoms with Gasteiger partial charge in [0.1, 0.15) is 5.60 Å². The maximum absolute atomic E-state index is 11.9. The highest BCUT2D eigenvalue weighted by Gasteiger charge is 2.32. The van der Waals surface area contributed by atoms with E-state index < -0.39 is 11.0 Å². The van der Waals surface area contributed by atoms with Crippen LogP contribution in [0.3, 0.4) is 0 Å². The Hall–Kier alpha value is -0.970. The van der Waals surface area contributed by atoms with Crippen LogP contribution in [0.25, 0.3) is 0 Å². The van der Waals surface area contributed by atoms with E-state index in [0.717, 1.165) is 6.42 Å². The van der Waals surface area contributed by atoms with Gasteiger partial charge in [0.05, 0.1) is 6.04 Å². The summed E-state index contributed by atoms with van der Waals surface area (Å²) in [4.78, 5) is 26.4. The predicted octanol–water partition coefficient (Wildman–Crippen LogP) is 2.68. The van der Waals surface area contributed by atoms with E-state index in [0.29, 0.717) is 19.6 Å². The second-order valence-electron chi connectivity index (χ2n) is 5.43. The van der Waals surface area contributed by atoms with Crippen LogP contribution in [0.1, 0.15) is 34.1 Å². The SMILES string of the molecule is CC[C@H]1CN(C(=O)OC(C)(C)C)CCN1C(=O)Cl. The number of carbonyl (C=O) groups excluding carboxylic acids is 2. The van der Waals surface area contributed by atoms with Crippen LogP contribution < -0.4 is 0 Å². The second kappa shape index (κ2) is 5.78. The highest BCUT2D eigenvalue weighted by molar-refractivity contribution is 6.62. The fraction of sp³-hybridized carbons (Fsp3) is 0.833. The highest BCUT2D eigenvalue weighted by Crippen LogP contribution is 2.17. The molecule has 0 aromatic carbocycles. The van der Waals surface area contributed by atoms with Crippen LogP contribution in [0.15, 0.2) is 0 Å². The summed E-state index contributed by atoms with van der Waals surface area (Å²) in [7, 11) is 0. The van der Waals surface area contributed by atoms with E-state index in [-0.39, 0.29) is 12.1 Å². The van der Waals surface area contributed by atoms with Gasteiger partial charge in [-0.2, -0.15) is 0 Å². The molecule has 1 fully saturated rings. The van der Waals surface area contributed by atoms with Gasteiger partial charge in [-0.15, -0.1) is 0 Å². The maximum atomic E-state index is 11.9. The average Bonchev–Trinajstić information content (AvgIpc) is 2.25. The van der Waals surface area contributed by atoms with Crippen LogP contribution in [-0.2, 0) is 4.74 Å². The number of halogens is 1. The third-order valence-electron chi connectivity index (χ3n) is 2.83. The van der Waals surface area contributed by atoms with Gasteiger partial charge in [0.25, 0.3) is 0 Å². The van der Waals surface area contributed by atoms with Crippen molar-refractivity contribution in [2.75, 3.05) is 19.6 Å². The van der Waals surface area contributed by atoms with Gasteiger partial charge < -0.3 is 14.5 Å². The first-order valence-corrected chi connectivity index (χ1v) is 6.56. The lowest BCUT2D eigenvalue weighted by atomic mass is 10.1. The zero-order valence-electron chi connectivity index (χ0n) is 11.4. The van der Waals surface area contributed by atoms with E-state index in [9.17, 15) is 9.59 Å². The lowest BCUT2D eigenvalue weighted by Gasteiger charge is -2.40. The zero-order valence-corrected chi connectivity index (χ0v) is 12.2. The molecule has 1 saturated heterocycles. The van der Waals surface area contributed by atoms with Gasteiger partial charge in [0, 0.05) is 19.6 Å². The van der Waals surface area contributed by atoms with E-state index in [1.54, 1.807) is 9.80 Å². The summed E-state index contributed by atoms with van der Waals surface area (Å²) in [6, 6.07) is -0.0312. The number of amides is 2. The number of carbonyl (C=O) groups is 2. The van der Waals surface area contributed by atoms with E-state index in [1.165, 1.54) is 0 Å². The summed E-state index contributed by atoms with van der Waals surface area (Å²) < 4.78 is 5.32. The molecule has 1 rings (SSSR count). The number of hydrogen-bond donors (Lipinski definition) is 0. The molecule has 0 radical (unpaired) electrons. The minimum Gasteiger partial charge on any atom is -0.444 e. The smallest absolute Gasteiger partial charge is 0.410 e. The number of ether oxygens (including phenoxy) is 1. The molecule has 0 unspecified atom stereocenters. The van der Waals surface area contributed by atoms with Crippen molar-refractivity contribution in [3.8, 4) is 0 Å². The Bertz CT molecular complexity index is 328. The Morgan fingerprint density at radius 1 is 1.33 bits per heavy atom. The molecule has 0 saturated carbocycles. The molecule has 6 heteroatoms. The summed E-state index contributed by atoms with van der Waals surface area (Å²) in [6.45, 7) is 8.87. The normalized spacial score (nSPS) is 20.8. The molecule has 104 valence electrons. The van der Waals surface area contributed by atoms with Crippen molar-refractivity contribution < 1.29 is 14.3 Å². The Morgan fingerprint density at radius 2 is 1.94 bits per heavy atom. The molecule has 1 heterocycles.